The number of benzene rings is 1. The van der Waals surface area contributed by atoms with E-state index in [0.29, 0.717) is 47.9 Å². The number of anilines is 3. The molecule has 1 aliphatic heterocycles. The summed E-state index contributed by atoms with van der Waals surface area (Å²) < 4.78 is 30.4. The molecule has 1 fully saturated rings. The predicted molar refractivity (Wildman–Crippen MR) is 158 cm³/mol. The molecule has 0 saturated carbocycles. The molecule has 0 bridgehead atoms. The fraction of sp³-hybridized carbons (Fsp3) is 0.407. The lowest BCUT2D eigenvalue weighted by Crippen LogP contribution is -2.63. The summed E-state index contributed by atoms with van der Waals surface area (Å²) in [6, 6.07) is 7.93. The van der Waals surface area contributed by atoms with Crippen molar-refractivity contribution in [3.63, 3.8) is 0 Å². The fourth-order valence-corrected chi connectivity index (χ4v) is 6.31. The van der Waals surface area contributed by atoms with Crippen LogP contribution < -0.4 is 16.0 Å². The van der Waals surface area contributed by atoms with E-state index in [1.54, 1.807) is 30.3 Å². The van der Waals surface area contributed by atoms with E-state index in [2.05, 4.69) is 51.3 Å². The molecular weight excluding hydrogens is 552 g/mol. The van der Waals surface area contributed by atoms with Crippen molar-refractivity contribution in [2.75, 3.05) is 42.5 Å². The Morgan fingerprint density at radius 2 is 2.00 bits per heavy atom. The van der Waals surface area contributed by atoms with E-state index in [1.165, 1.54) is 11.8 Å². The minimum atomic E-state index is -3.10. The van der Waals surface area contributed by atoms with E-state index in [0.717, 1.165) is 16.5 Å². The van der Waals surface area contributed by atoms with Gasteiger partial charge >= 0.3 is 0 Å². The van der Waals surface area contributed by atoms with Crippen molar-refractivity contribution in [3.8, 4) is 11.4 Å². The first-order chi connectivity index (χ1) is 19.0. The maximum absolute atomic E-state index is 11.8. The number of fused-ring (bicyclic) bond motifs is 1. The predicted octanol–water partition coefficient (Wildman–Crippen LogP) is 3.82. The number of methoxy groups -OCH3 is 1. The van der Waals surface area contributed by atoms with E-state index < -0.39 is 9.84 Å². The second-order valence-electron chi connectivity index (χ2n) is 10.4. The molecule has 212 valence electrons. The molecule has 0 aliphatic carbocycles. The average Bonchev–Trinajstić information content (AvgIpc) is 3.28. The van der Waals surface area contributed by atoms with Gasteiger partial charge in [-0.15, -0.1) is 0 Å². The zero-order chi connectivity index (χ0) is 28.6. The van der Waals surface area contributed by atoms with Crippen LogP contribution in [0.2, 0.25) is 5.15 Å². The average molecular weight is 585 g/mol. The third-order valence-corrected chi connectivity index (χ3v) is 8.34. The normalized spacial score (nSPS) is 17.4. The van der Waals surface area contributed by atoms with Crippen LogP contribution in [-0.2, 0) is 21.1 Å². The summed E-state index contributed by atoms with van der Waals surface area (Å²) in [7, 11) is -1.47. The van der Waals surface area contributed by atoms with Crippen molar-refractivity contribution >= 4 is 49.5 Å². The molecule has 3 aromatic heterocycles. The van der Waals surface area contributed by atoms with E-state index in [1.807, 2.05) is 17.2 Å². The second-order valence-corrected chi connectivity index (χ2v) is 13.0. The highest BCUT2D eigenvalue weighted by Crippen LogP contribution is 2.38. The molecule has 0 unspecified atom stereocenters. The molecule has 0 amide bonds. The Morgan fingerprint density at radius 1 is 1.20 bits per heavy atom. The van der Waals surface area contributed by atoms with Gasteiger partial charge in [0, 0.05) is 55.5 Å². The van der Waals surface area contributed by atoms with Gasteiger partial charge in [0.1, 0.15) is 21.5 Å². The minimum absolute atomic E-state index is 0.0824. The monoisotopic (exact) mass is 584 g/mol. The molecule has 1 saturated heterocycles. The quantitative estimate of drug-likeness (QED) is 0.282. The first-order valence-electron chi connectivity index (χ1n) is 13.0. The Bertz CT molecular complexity index is 1640. The van der Waals surface area contributed by atoms with Crippen LogP contribution in [0.3, 0.4) is 0 Å². The number of hydrogen-bond acceptors (Lipinski definition) is 10. The number of nitrogens with two attached hydrogens (primary N) is 1. The number of aromatic nitrogens is 5. The van der Waals surface area contributed by atoms with Gasteiger partial charge in [0.15, 0.2) is 11.0 Å². The standard InChI is InChI=1S/C27H33ClN8O3S/c1-16(2)18-5-6-22(36-13-17(26(36)29)15-40(4,37)38)20-12-31-24(11-19(18)20)32-23-7-8-30-27(33-23)21-14-35(9-10-39-3)34-25(21)28/h5-8,11-12,14,16-17,26H,9-10,13,15,29H2,1-4H3,(H,30,31,32,33)/t17-,26+/m1/s1. The highest BCUT2D eigenvalue weighted by Gasteiger charge is 2.39. The summed E-state index contributed by atoms with van der Waals surface area (Å²) in [5.41, 5.74) is 9.16. The largest absolute Gasteiger partial charge is 0.383 e. The van der Waals surface area contributed by atoms with Crippen LogP contribution in [0, 0.1) is 5.92 Å². The smallest absolute Gasteiger partial charge is 0.166 e. The molecule has 4 heterocycles. The first kappa shape index (κ1) is 28.2. The summed E-state index contributed by atoms with van der Waals surface area (Å²) >= 11 is 6.36. The van der Waals surface area contributed by atoms with E-state index >= 15 is 0 Å². The number of nitrogens with one attached hydrogen (secondary N) is 1. The third-order valence-electron chi connectivity index (χ3n) is 7.03. The van der Waals surface area contributed by atoms with Gasteiger partial charge in [-0.05, 0) is 35.1 Å². The SMILES string of the molecule is COCCn1cc(-c2nccc(Nc3cc4c(C(C)C)ccc(N5C[C@H](CS(C)(=O)=O)[C@H]5N)c4cn3)n2)c(Cl)n1. The van der Waals surface area contributed by atoms with Gasteiger partial charge in [0.25, 0.3) is 0 Å². The molecule has 0 radical (unpaired) electrons. The van der Waals surface area contributed by atoms with Gasteiger partial charge in [0.2, 0.25) is 0 Å². The Morgan fingerprint density at radius 3 is 2.70 bits per heavy atom. The van der Waals surface area contributed by atoms with Crippen LogP contribution >= 0.6 is 11.6 Å². The molecule has 5 rings (SSSR count). The van der Waals surface area contributed by atoms with Crippen molar-refractivity contribution < 1.29 is 13.2 Å². The molecule has 1 aromatic carbocycles. The lowest BCUT2D eigenvalue weighted by molar-refractivity contribution is 0.183. The highest BCUT2D eigenvalue weighted by molar-refractivity contribution is 7.90. The Labute approximate surface area is 238 Å². The summed E-state index contributed by atoms with van der Waals surface area (Å²) in [5, 5.41) is 9.92. The number of pyridine rings is 1. The summed E-state index contributed by atoms with van der Waals surface area (Å²) in [5.74, 6) is 1.89. The number of sulfone groups is 1. The van der Waals surface area contributed by atoms with Crippen LogP contribution in [0.15, 0.2) is 42.9 Å². The van der Waals surface area contributed by atoms with E-state index in [9.17, 15) is 8.42 Å². The maximum Gasteiger partial charge on any atom is 0.166 e. The molecule has 40 heavy (non-hydrogen) atoms. The van der Waals surface area contributed by atoms with Crippen LogP contribution in [0.1, 0.15) is 25.3 Å². The molecule has 3 N–H and O–H groups in total. The fourth-order valence-electron chi connectivity index (χ4n) is 5.00. The zero-order valence-electron chi connectivity index (χ0n) is 22.9. The van der Waals surface area contributed by atoms with Gasteiger partial charge in [-0.2, -0.15) is 5.10 Å². The van der Waals surface area contributed by atoms with Gasteiger partial charge in [-0.25, -0.2) is 23.4 Å². The van der Waals surface area contributed by atoms with Crippen LogP contribution in [-0.4, -0.2) is 71.6 Å². The van der Waals surface area contributed by atoms with Gasteiger partial charge in [-0.1, -0.05) is 31.5 Å². The Kier molecular flexibility index (Phi) is 7.96. The van der Waals surface area contributed by atoms with Crippen LogP contribution in [0.25, 0.3) is 22.2 Å². The number of rotatable bonds is 10. The highest BCUT2D eigenvalue weighted by atomic mass is 35.5. The Hall–Kier alpha value is -3.32. The summed E-state index contributed by atoms with van der Waals surface area (Å²) in [6.45, 7) is 5.95. The number of hydrogen-bond donors (Lipinski definition) is 2. The molecule has 4 aromatic rings. The number of nitrogens with zero attached hydrogens (tertiary/aromatic N) is 6. The molecule has 0 spiro atoms. The van der Waals surface area contributed by atoms with E-state index in [4.69, 9.17) is 22.1 Å². The van der Waals surface area contributed by atoms with Crippen molar-refractivity contribution in [2.24, 2.45) is 11.7 Å². The maximum atomic E-state index is 11.8. The van der Waals surface area contributed by atoms with Gasteiger partial charge in [-0.3, -0.25) is 4.68 Å². The summed E-state index contributed by atoms with van der Waals surface area (Å²) in [6.07, 6.45) is 6.16. The van der Waals surface area contributed by atoms with Gasteiger partial charge in [0.05, 0.1) is 30.6 Å². The van der Waals surface area contributed by atoms with Crippen LogP contribution in [0.5, 0.6) is 0 Å². The molecule has 13 heteroatoms. The number of halogens is 1. The zero-order valence-corrected chi connectivity index (χ0v) is 24.4. The first-order valence-corrected chi connectivity index (χ1v) is 15.4. The molecule has 11 nitrogen and oxygen atoms in total. The molecule has 1 aliphatic rings. The number of ether oxygens (including phenoxy) is 1. The topological polar surface area (TPSA) is 141 Å². The lowest BCUT2D eigenvalue weighted by atomic mass is 9.92. The van der Waals surface area contributed by atoms with E-state index in [-0.39, 0.29) is 23.8 Å². The van der Waals surface area contributed by atoms with Crippen molar-refractivity contribution in [1.29, 1.82) is 0 Å². The third kappa shape index (κ3) is 5.90. The van der Waals surface area contributed by atoms with Crippen LogP contribution in [0.4, 0.5) is 17.3 Å². The molecular formula is C27H33ClN8O3S. The van der Waals surface area contributed by atoms with Gasteiger partial charge < -0.3 is 20.7 Å². The summed E-state index contributed by atoms with van der Waals surface area (Å²) in [4.78, 5) is 15.7. The Balaban J connectivity index is 1.43. The lowest BCUT2D eigenvalue weighted by Gasteiger charge is -2.47. The minimum Gasteiger partial charge on any atom is -0.383 e. The van der Waals surface area contributed by atoms with Crippen molar-refractivity contribution in [1.82, 2.24) is 24.7 Å². The second kappa shape index (κ2) is 11.3. The van der Waals surface area contributed by atoms with Crippen molar-refractivity contribution in [3.05, 3.63) is 53.6 Å². The molecule has 2 atom stereocenters. The van der Waals surface area contributed by atoms with Crippen molar-refractivity contribution in [2.45, 2.75) is 32.5 Å².